The highest BCUT2D eigenvalue weighted by Gasteiger charge is 2.25. The van der Waals surface area contributed by atoms with E-state index in [4.69, 9.17) is 4.74 Å². The molecule has 0 aliphatic carbocycles. The maximum Gasteiger partial charge on any atom is 0.356 e. The lowest BCUT2D eigenvalue weighted by atomic mass is 10.1. The van der Waals surface area contributed by atoms with Crippen molar-refractivity contribution in [3.63, 3.8) is 0 Å². The molecule has 11 heteroatoms. The molecule has 0 bridgehead atoms. The Labute approximate surface area is 188 Å². The third-order valence-electron chi connectivity index (χ3n) is 4.42. The van der Waals surface area contributed by atoms with Crippen LogP contribution in [0.5, 0.6) is 11.6 Å². The Balaban J connectivity index is 2.50. The van der Waals surface area contributed by atoms with Gasteiger partial charge in [-0.25, -0.2) is 22.6 Å². The van der Waals surface area contributed by atoms with E-state index in [2.05, 4.69) is 15.1 Å². The smallest absolute Gasteiger partial charge is 0.356 e. The molecule has 1 aromatic heterocycles. The van der Waals surface area contributed by atoms with Gasteiger partial charge in [-0.3, -0.25) is 4.79 Å². The summed E-state index contributed by atoms with van der Waals surface area (Å²) in [6, 6.07) is 4.26. The molecule has 0 spiro atoms. The summed E-state index contributed by atoms with van der Waals surface area (Å²) in [5.74, 6) is -1.17. The number of nitrogens with one attached hydrogen (secondary N) is 2. The number of hydrogen-bond donors (Lipinski definition) is 3. The SMILES string of the molecule is Cc1c(C(=O)O)nn(C)c1Oc1ccc(NC(=O)CC(C)C)cc1S(=O)(=O)NCC(C)C. The maximum absolute atomic E-state index is 13.0. The van der Waals surface area contributed by atoms with Gasteiger partial charge in [-0.1, -0.05) is 27.7 Å². The quantitative estimate of drug-likeness (QED) is 0.489. The van der Waals surface area contributed by atoms with Crippen molar-refractivity contribution in [1.82, 2.24) is 14.5 Å². The van der Waals surface area contributed by atoms with Crippen LogP contribution in [0.3, 0.4) is 0 Å². The molecule has 0 aliphatic heterocycles. The van der Waals surface area contributed by atoms with Crippen LogP contribution in [0.2, 0.25) is 0 Å². The number of anilines is 1. The highest BCUT2D eigenvalue weighted by Crippen LogP contribution is 2.33. The molecule has 2 rings (SSSR count). The maximum atomic E-state index is 13.0. The third-order valence-corrected chi connectivity index (χ3v) is 5.87. The number of hydrogen-bond acceptors (Lipinski definition) is 6. The van der Waals surface area contributed by atoms with Crippen molar-refractivity contribution < 1.29 is 27.9 Å². The summed E-state index contributed by atoms with van der Waals surface area (Å²) in [5.41, 5.74) is 0.371. The van der Waals surface area contributed by atoms with Crippen molar-refractivity contribution in [1.29, 1.82) is 0 Å². The second kappa shape index (κ2) is 10.1. The Morgan fingerprint density at radius 2 is 1.84 bits per heavy atom. The van der Waals surface area contributed by atoms with Gasteiger partial charge in [0.25, 0.3) is 0 Å². The van der Waals surface area contributed by atoms with E-state index in [9.17, 15) is 23.1 Å². The number of amides is 1. The van der Waals surface area contributed by atoms with E-state index in [0.717, 1.165) is 0 Å². The van der Waals surface area contributed by atoms with Gasteiger partial charge in [0.1, 0.15) is 10.6 Å². The second-order valence-corrected chi connectivity index (χ2v) is 10.1. The van der Waals surface area contributed by atoms with Crippen LogP contribution in [0.1, 0.15) is 50.2 Å². The molecule has 0 radical (unpaired) electrons. The first-order chi connectivity index (χ1) is 14.8. The van der Waals surface area contributed by atoms with E-state index < -0.39 is 16.0 Å². The van der Waals surface area contributed by atoms with Crippen LogP contribution in [-0.2, 0) is 21.9 Å². The average Bonchev–Trinajstić information content (AvgIpc) is 2.95. The summed E-state index contributed by atoms with van der Waals surface area (Å²) in [4.78, 5) is 23.3. The summed E-state index contributed by atoms with van der Waals surface area (Å²) in [6.07, 6.45) is 0.290. The summed E-state index contributed by atoms with van der Waals surface area (Å²) in [6.45, 7) is 9.29. The van der Waals surface area contributed by atoms with Crippen molar-refractivity contribution >= 4 is 27.6 Å². The van der Waals surface area contributed by atoms with Crippen LogP contribution in [0.4, 0.5) is 5.69 Å². The Kier molecular flexibility index (Phi) is 8.02. The molecule has 10 nitrogen and oxygen atoms in total. The number of sulfonamides is 1. The summed E-state index contributed by atoms with van der Waals surface area (Å²) in [7, 11) is -2.49. The molecule has 0 saturated carbocycles. The van der Waals surface area contributed by atoms with Gasteiger partial charge in [-0.05, 0) is 37.0 Å². The van der Waals surface area contributed by atoms with Gasteiger partial charge in [0.2, 0.25) is 21.8 Å². The van der Waals surface area contributed by atoms with Crippen LogP contribution in [0.25, 0.3) is 0 Å². The molecule has 0 atom stereocenters. The van der Waals surface area contributed by atoms with Crippen molar-refractivity contribution in [3.8, 4) is 11.6 Å². The van der Waals surface area contributed by atoms with E-state index in [1.165, 1.54) is 36.9 Å². The lowest BCUT2D eigenvalue weighted by Crippen LogP contribution is -2.28. The average molecular weight is 467 g/mol. The first-order valence-electron chi connectivity index (χ1n) is 10.2. The monoisotopic (exact) mass is 466 g/mol. The minimum atomic E-state index is -3.99. The molecular formula is C21H30N4O6S. The minimum Gasteiger partial charge on any atom is -0.476 e. The first kappa shape index (κ1) is 25.3. The number of rotatable bonds is 10. The molecule has 1 amide bonds. The standard InChI is InChI=1S/C21H30N4O6S/c1-12(2)9-18(26)23-15-7-8-16(17(10-15)32(29,30)22-11-13(3)4)31-20-14(5)19(21(27)28)24-25(20)6/h7-8,10,12-13,22H,9,11H2,1-6H3,(H,23,26)(H,27,28). The zero-order chi connectivity index (χ0) is 24.2. The Bertz CT molecular complexity index is 1110. The predicted molar refractivity (Wildman–Crippen MR) is 120 cm³/mol. The van der Waals surface area contributed by atoms with Crippen molar-refractivity contribution in [2.45, 2.75) is 45.9 Å². The Hall–Kier alpha value is -2.92. The highest BCUT2D eigenvalue weighted by atomic mass is 32.2. The van der Waals surface area contributed by atoms with Gasteiger partial charge in [-0.15, -0.1) is 0 Å². The fourth-order valence-electron chi connectivity index (χ4n) is 2.88. The largest absolute Gasteiger partial charge is 0.476 e. The number of aryl methyl sites for hydroxylation is 1. The number of carbonyl (C=O) groups is 2. The van der Waals surface area contributed by atoms with Gasteiger partial charge in [0, 0.05) is 31.3 Å². The minimum absolute atomic E-state index is 0.0221. The zero-order valence-electron chi connectivity index (χ0n) is 19.1. The third kappa shape index (κ3) is 6.30. The molecule has 32 heavy (non-hydrogen) atoms. The predicted octanol–water partition coefficient (Wildman–Crippen LogP) is 3.14. The van der Waals surface area contributed by atoms with Crippen LogP contribution < -0.4 is 14.8 Å². The Morgan fingerprint density at radius 3 is 2.38 bits per heavy atom. The molecule has 0 aliphatic rings. The van der Waals surface area contributed by atoms with Crippen molar-refractivity contribution in [2.24, 2.45) is 18.9 Å². The molecule has 2 aromatic rings. The zero-order valence-corrected chi connectivity index (χ0v) is 19.9. The number of ether oxygens (including phenoxy) is 1. The molecule has 0 unspecified atom stereocenters. The molecule has 1 aromatic carbocycles. The number of carboxylic acids is 1. The van der Waals surface area contributed by atoms with E-state index >= 15 is 0 Å². The summed E-state index contributed by atoms with van der Waals surface area (Å²) < 4.78 is 35.6. The van der Waals surface area contributed by atoms with Gasteiger partial charge in [0.05, 0.1) is 0 Å². The number of carboxylic acid groups (broad SMARTS) is 1. The number of nitrogens with zero attached hydrogens (tertiary/aromatic N) is 2. The molecule has 3 N–H and O–H groups in total. The van der Waals surface area contributed by atoms with Gasteiger partial charge in [-0.2, -0.15) is 5.10 Å². The molecular weight excluding hydrogens is 436 g/mol. The van der Waals surface area contributed by atoms with Gasteiger partial charge >= 0.3 is 5.97 Å². The summed E-state index contributed by atoms with van der Waals surface area (Å²) in [5, 5.41) is 15.9. The summed E-state index contributed by atoms with van der Waals surface area (Å²) >= 11 is 0. The second-order valence-electron chi connectivity index (χ2n) is 8.36. The fourth-order valence-corrected chi connectivity index (χ4v) is 4.25. The molecule has 0 saturated heterocycles. The van der Waals surface area contributed by atoms with Crippen molar-refractivity contribution in [2.75, 3.05) is 11.9 Å². The molecule has 1 heterocycles. The number of aromatic carboxylic acids is 1. The molecule has 176 valence electrons. The van der Waals surface area contributed by atoms with E-state index in [-0.39, 0.29) is 58.5 Å². The van der Waals surface area contributed by atoms with Gasteiger partial charge < -0.3 is 15.2 Å². The van der Waals surface area contributed by atoms with Gasteiger partial charge in [0.15, 0.2) is 5.69 Å². The first-order valence-corrected chi connectivity index (χ1v) is 11.7. The van der Waals surface area contributed by atoms with E-state index in [0.29, 0.717) is 5.69 Å². The lowest BCUT2D eigenvalue weighted by Gasteiger charge is -2.16. The highest BCUT2D eigenvalue weighted by molar-refractivity contribution is 7.89. The topological polar surface area (TPSA) is 140 Å². The lowest BCUT2D eigenvalue weighted by molar-refractivity contribution is -0.116. The normalized spacial score (nSPS) is 11.8. The fraction of sp³-hybridized carbons (Fsp3) is 0.476. The van der Waals surface area contributed by atoms with Crippen LogP contribution in [-0.4, -0.2) is 41.7 Å². The van der Waals surface area contributed by atoms with Crippen LogP contribution >= 0.6 is 0 Å². The van der Waals surface area contributed by atoms with Crippen LogP contribution in [0, 0.1) is 18.8 Å². The molecule has 0 fully saturated rings. The number of aromatic nitrogens is 2. The van der Waals surface area contributed by atoms with Crippen LogP contribution in [0.15, 0.2) is 23.1 Å². The number of carbonyl (C=O) groups excluding carboxylic acids is 1. The van der Waals surface area contributed by atoms with E-state index in [1.807, 2.05) is 27.7 Å². The van der Waals surface area contributed by atoms with E-state index in [1.54, 1.807) is 0 Å². The Morgan fingerprint density at radius 1 is 1.19 bits per heavy atom. The number of benzene rings is 1. The van der Waals surface area contributed by atoms with Crippen molar-refractivity contribution in [3.05, 3.63) is 29.5 Å².